The smallest absolute Gasteiger partial charge is 0.273 e. The van der Waals surface area contributed by atoms with Crippen LogP contribution in [-0.4, -0.2) is 16.1 Å². The van der Waals surface area contributed by atoms with E-state index in [1.807, 2.05) is 32.0 Å². The molecule has 5 nitrogen and oxygen atoms in total. The lowest BCUT2D eigenvalue weighted by Crippen LogP contribution is -2.13. The van der Waals surface area contributed by atoms with Gasteiger partial charge in [-0.05, 0) is 31.0 Å². The predicted octanol–water partition coefficient (Wildman–Crippen LogP) is 1.57. The van der Waals surface area contributed by atoms with Crippen LogP contribution in [0.4, 0.5) is 5.69 Å². The number of aromatic nitrogens is 2. The standard InChI is InChI=1S/C12H13N3O2/c1-7-3-4-8(2)9(5-7)13-12(17)10-6-11(16)15-14-10/h3-6H,1-2H3,(H,13,17)(H2,14,15,16). The summed E-state index contributed by atoms with van der Waals surface area (Å²) < 4.78 is 0. The molecule has 0 saturated carbocycles. The number of H-pyrrole nitrogens is 2. The van der Waals surface area contributed by atoms with Crippen molar-refractivity contribution in [3.8, 4) is 0 Å². The maximum Gasteiger partial charge on any atom is 0.273 e. The van der Waals surface area contributed by atoms with Crippen LogP contribution in [0.25, 0.3) is 0 Å². The fraction of sp³-hybridized carbons (Fsp3) is 0.167. The van der Waals surface area contributed by atoms with Crippen molar-refractivity contribution in [1.29, 1.82) is 0 Å². The molecule has 0 atom stereocenters. The van der Waals surface area contributed by atoms with Gasteiger partial charge in [0.1, 0.15) is 5.69 Å². The number of nitrogens with one attached hydrogen (secondary N) is 3. The molecule has 2 rings (SSSR count). The molecule has 0 radical (unpaired) electrons. The molecule has 0 fully saturated rings. The normalized spacial score (nSPS) is 10.2. The van der Waals surface area contributed by atoms with Crippen LogP contribution in [0.1, 0.15) is 21.6 Å². The summed E-state index contributed by atoms with van der Waals surface area (Å²) in [4.78, 5) is 22.7. The first-order chi connectivity index (χ1) is 8.06. The van der Waals surface area contributed by atoms with Gasteiger partial charge >= 0.3 is 0 Å². The summed E-state index contributed by atoms with van der Waals surface area (Å²) in [5, 5.41) is 7.58. The molecule has 1 heterocycles. The van der Waals surface area contributed by atoms with E-state index in [4.69, 9.17) is 0 Å². The quantitative estimate of drug-likeness (QED) is 0.733. The number of anilines is 1. The minimum atomic E-state index is -0.336. The van der Waals surface area contributed by atoms with Crippen molar-refractivity contribution in [1.82, 2.24) is 10.2 Å². The van der Waals surface area contributed by atoms with Gasteiger partial charge in [0.15, 0.2) is 0 Å². The van der Waals surface area contributed by atoms with Gasteiger partial charge in [-0.3, -0.25) is 19.8 Å². The Morgan fingerprint density at radius 3 is 2.59 bits per heavy atom. The SMILES string of the molecule is Cc1ccc(C)c(NC(=O)c2cc(=O)[nH][nH]2)c1. The predicted molar refractivity (Wildman–Crippen MR) is 65.3 cm³/mol. The third kappa shape index (κ3) is 2.44. The molecule has 0 aliphatic rings. The zero-order chi connectivity index (χ0) is 12.4. The molecule has 5 heteroatoms. The van der Waals surface area contributed by atoms with Crippen molar-refractivity contribution in [3.63, 3.8) is 0 Å². The van der Waals surface area contributed by atoms with E-state index in [2.05, 4.69) is 15.5 Å². The molecule has 17 heavy (non-hydrogen) atoms. The largest absolute Gasteiger partial charge is 0.320 e. The fourth-order valence-corrected chi connectivity index (χ4v) is 1.51. The molecule has 2 aromatic rings. The Morgan fingerprint density at radius 2 is 1.94 bits per heavy atom. The van der Waals surface area contributed by atoms with Crippen molar-refractivity contribution in [2.45, 2.75) is 13.8 Å². The number of amides is 1. The van der Waals surface area contributed by atoms with Gasteiger partial charge in [0, 0.05) is 11.8 Å². The Morgan fingerprint density at radius 1 is 1.18 bits per heavy atom. The number of hydrogen-bond donors (Lipinski definition) is 3. The van der Waals surface area contributed by atoms with E-state index in [0.717, 1.165) is 16.8 Å². The van der Waals surface area contributed by atoms with Crippen LogP contribution in [0, 0.1) is 13.8 Å². The monoisotopic (exact) mass is 231 g/mol. The molecule has 0 saturated heterocycles. The highest BCUT2D eigenvalue weighted by molar-refractivity contribution is 6.03. The van der Waals surface area contributed by atoms with Gasteiger partial charge in [-0.1, -0.05) is 12.1 Å². The average Bonchev–Trinajstić information content (AvgIpc) is 2.70. The number of rotatable bonds is 2. The second kappa shape index (κ2) is 4.29. The van der Waals surface area contributed by atoms with Crippen LogP contribution in [0.2, 0.25) is 0 Å². The second-order valence-corrected chi connectivity index (χ2v) is 3.94. The minimum absolute atomic E-state index is 0.218. The van der Waals surface area contributed by atoms with Gasteiger partial charge < -0.3 is 5.32 Å². The topological polar surface area (TPSA) is 77.8 Å². The van der Waals surface area contributed by atoms with E-state index >= 15 is 0 Å². The van der Waals surface area contributed by atoms with E-state index < -0.39 is 0 Å². The van der Waals surface area contributed by atoms with Gasteiger partial charge in [-0.25, -0.2) is 0 Å². The second-order valence-electron chi connectivity index (χ2n) is 3.94. The van der Waals surface area contributed by atoms with Crippen molar-refractivity contribution < 1.29 is 4.79 Å². The molecule has 0 spiro atoms. The average molecular weight is 231 g/mol. The Kier molecular flexibility index (Phi) is 2.82. The van der Waals surface area contributed by atoms with Crippen molar-refractivity contribution in [2.24, 2.45) is 0 Å². The summed E-state index contributed by atoms with van der Waals surface area (Å²) in [7, 11) is 0. The third-order valence-corrected chi connectivity index (χ3v) is 2.48. The molecule has 88 valence electrons. The summed E-state index contributed by atoms with van der Waals surface area (Å²) in [6.45, 7) is 3.86. The van der Waals surface area contributed by atoms with E-state index in [9.17, 15) is 9.59 Å². The Labute approximate surface area is 97.9 Å². The molecule has 3 N–H and O–H groups in total. The van der Waals surface area contributed by atoms with E-state index in [0.29, 0.717) is 0 Å². The van der Waals surface area contributed by atoms with Crippen molar-refractivity contribution in [3.05, 3.63) is 51.4 Å². The molecule has 0 aliphatic carbocycles. The highest BCUT2D eigenvalue weighted by Gasteiger charge is 2.09. The van der Waals surface area contributed by atoms with Gasteiger partial charge in [-0.2, -0.15) is 0 Å². The number of aromatic amines is 2. The maximum absolute atomic E-state index is 11.8. The fourth-order valence-electron chi connectivity index (χ4n) is 1.51. The van der Waals surface area contributed by atoms with E-state index in [1.165, 1.54) is 6.07 Å². The maximum atomic E-state index is 11.8. The summed E-state index contributed by atoms with van der Waals surface area (Å²) in [6, 6.07) is 7.02. The van der Waals surface area contributed by atoms with E-state index in [-0.39, 0.29) is 17.2 Å². The molecular weight excluding hydrogens is 218 g/mol. The lowest BCUT2D eigenvalue weighted by atomic mass is 10.1. The number of hydrogen-bond acceptors (Lipinski definition) is 2. The number of carbonyl (C=O) groups excluding carboxylic acids is 1. The lowest BCUT2D eigenvalue weighted by molar-refractivity contribution is 0.102. The summed E-state index contributed by atoms with van der Waals surface area (Å²) in [5.74, 6) is -0.336. The molecule has 0 bridgehead atoms. The van der Waals surface area contributed by atoms with Gasteiger partial charge in [0.25, 0.3) is 11.5 Å². The minimum Gasteiger partial charge on any atom is -0.320 e. The third-order valence-electron chi connectivity index (χ3n) is 2.48. The zero-order valence-electron chi connectivity index (χ0n) is 9.63. The molecule has 1 aromatic carbocycles. The van der Waals surface area contributed by atoms with Gasteiger partial charge in [0.2, 0.25) is 0 Å². The Hall–Kier alpha value is -2.30. The Bertz CT molecular complexity index is 610. The zero-order valence-corrected chi connectivity index (χ0v) is 9.63. The number of aryl methyl sites for hydroxylation is 2. The van der Waals surface area contributed by atoms with Crippen LogP contribution >= 0.6 is 0 Å². The summed E-state index contributed by atoms with van der Waals surface area (Å²) in [6.07, 6.45) is 0. The van der Waals surface area contributed by atoms with Crippen molar-refractivity contribution >= 4 is 11.6 Å². The molecule has 1 aromatic heterocycles. The van der Waals surface area contributed by atoms with Gasteiger partial charge in [0.05, 0.1) is 0 Å². The number of carbonyl (C=O) groups is 1. The van der Waals surface area contributed by atoms with Crippen LogP contribution in [-0.2, 0) is 0 Å². The number of benzene rings is 1. The first-order valence-corrected chi connectivity index (χ1v) is 5.22. The molecule has 0 aliphatic heterocycles. The van der Waals surface area contributed by atoms with Gasteiger partial charge in [-0.15, -0.1) is 0 Å². The first kappa shape index (κ1) is 11.2. The Balaban J connectivity index is 2.24. The van der Waals surface area contributed by atoms with E-state index in [1.54, 1.807) is 0 Å². The molecular formula is C12H13N3O2. The molecule has 1 amide bonds. The highest BCUT2D eigenvalue weighted by atomic mass is 16.2. The van der Waals surface area contributed by atoms with Crippen LogP contribution in [0.5, 0.6) is 0 Å². The molecule has 0 unspecified atom stereocenters. The summed E-state index contributed by atoms with van der Waals surface area (Å²) >= 11 is 0. The van der Waals surface area contributed by atoms with Crippen LogP contribution < -0.4 is 10.9 Å². The van der Waals surface area contributed by atoms with Crippen molar-refractivity contribution in [2.75, 3.05) is 5.32 Å². The lowest BCUT2D eigenvalue weighted by Gasteiger charge is -2.08. The summed E-state index contributed by atoms with van der Waals surface area (Å²) in [5.41, 5.74) is 2.68. The van der Waals surface area contributed by atoms with Crippen LogP contribution in [0.15, 0.2) is 29.1 Å². The highest BCUT2D eigenvalue weighted by Crippen LogP contribution is 2.16. The van der Waals surface area contributed by atoms with Crippen LogP contribution in [0.3, 0.4) is 0 Å². The first-order valence-electron chi connectivity index (χ1n) is 5.22.